The Morgan fingerprint density at radius 3 is 2.28 bits per heavy atom. The third-order valence-corrected chi connectivity index (χ3v) is 4.06. The number of carboxylic acids is 2. The molecule has 25 heavy (non-hydrogen) atoms. The summed E-state index contributed by atoms with van der Waals surface area (Å²) in [6.07, 6.45) is 0. The maximum Gasteiger partial charge on any atom is 0.394 e. The van der Waals surface area contributed by atoms with Gasteiger partial charge in [0.1, 0.15) is 10.6 Å². The molecule has 0 aliphatic carbocycles. The largest absolute Gasteiger partial charge is 0.484 e. The average Bonchev–Trinajstić information content (AvgIpc) is 2.97. The van der Waals surface area contributed by atoms with Crippen LogP contribution in [0.5, 0.6) is 5.75 Å². The molecule has 130 valence electrons. The summed E-state index contributed by atoms with van der Waals surface area (Å²) in [5.41, 5.74) is 5.49. The molecule has 0 aliphatic heterocycles. The Balaban J connectivity index is 2.27. The lowest BCUT2D eigenvalue weighted by molar-refractivity contribution is -0.147. The number of primary amides is 1. The molecule has 5 N–H and O–H groups in total. The van der Waals surface area contributed by atoms with Gasteiger partial charge in [-0.25, -0.2) is 9.59 Å². The Labute approximate surface area is 144 Å². The predicted octanol–water partition coefficient (Wildman–Crippen LogP) is 1.00. The van der Waals surface area contributed by atoms with Gasteiger partial charge in [0, 0.05) is 4.88 Å². The lowest BCUT2D eigenvalue weighted by Gasteiger charge is -2.04. The van der Waals surface area contributed by atoms with Gasteiger partial charge < -0.3 is 26.0 Å². The van der Waals surface area contributed by atoms with E-state index in [1.54, 1.807) is 24.3 Å². The van der Waals surface area contributed by atoms with Crippen LogP contribution in [0.25, 0.3) is 10.4 Å². The van der Waals surface area contributed by atoms with Crippen LogP contribution >= 0.6 is 11.3 Å². The molecule has 0 aliphatic rings. The Kier molecular flexibility index (Phi) is 5.35. The summed E-state index contributed by atoms with van der Waals surface area (Å²) >= 11 is 0.876. The molecule has 2 amide bonds. The zero-order valence-electron chi connectivity index (χ0n) is 12.5. The number of nitrogens with two attached hydrogens (primary N) is 1. The van der Waals surface area contributed by atoms with Gasteiger partial charge in [-0.2, -0.15) is 0 Å². The highest BCUT2D eigenvalue weighted by Gasteiger charge is 2.20. The van der Waals surface area contributed by atoms with Crippen molar-refractivity contribution in [2.24, 2.45) is 5.73 Å². The fourth-order valence-electron chi connectivity index (χ4n) is 1.83. The van der Waals surface area contributed by atoms with Crippen LogP contribution in [-0.2, 0) is 14.4 Å². The SMILES string of the molecule is NC(=O)COc1ccc(-c2cc(NC(=O)C(=O)O)c(C(=O)O)s2)cc1. The number of nitrogens with one attached hydrogen (secondary N) is 1. The zero-order chi connectivity index (χ0) is 18.6. The van der Waals surface area contributed by atoms with Crippen LogP contribution in [0, 0.1) is 0 Å². The molecule has 1 aromatic heterocycles. The number of hydrogen-bond acceptors (Lipinski definition) is 6. The molecule has 10 heteroatoms. The highest BCUT2D eigenvalue weighted by molar-refractivity contribution is 7.18. The number of rotatable bonds is 6. The smallest absolute Gasteiger partial charge is 0.394 e. The van der Waals surface area contributed by atoms with Crippen molar-refractivity contribution in [2.75, 3.05) is 11.9 Å². The molecule has 0 spiro atoms. The van der Waals surface area contributed by atoms with Crippen LogP contribution in [0.15, 0.2) is 30.3 Å². The number of carboxylic acid groups (broad SMARTS) is 2. The maximum absolute atomic E-state index is 11.3. The number of ether oxygens (including phenoxy) is 1. The van der Waals surface area contributed by atoms with Gasteiger partial charge in [0.25, 0.3) is 5.91 Å². The second-order valence-electron chi connectivity index (χ2n) is 4.70. The molecule has 1 aromatic carbocycles. The molecule has 0 saturated heterocycles. The summed E-state index contributed by atoms with van der Waals surface area (Å²) in [7, 11) is 0. The van der Waals surface area contributed by atoms with Crippen molar-refractivity contribution in [3.63, 3.8) is 0 Å². The number of carbonyl (C=O) groups is 4. The van der Waals surface area contributed by atoms with Crippen LogP contribution in [0.1, 0.15) is 9.67 Å². The molecular formula is C15H12N2O7S. The quantitative estimate of drug-likeness (QED) is 0.557. The number of amides is 2. The van der Waals surface area contributed by atoms with Crippen molar-refractivity contribution >= 4 is 40.8 Å². The second kappa shape index (κ2) is 7.45. The van der Waals surface area contributed by atoms with E-state index in [4.69, 9.17) is 15.6 Å². The number of anilines is 1. The molecule has 0 atom stereocenters. The van der Waals surface area contributed by atoms with Crippen molar-refractivity contribution in [3.05, 3.63) is 35.2 Å². The molecule has 0 unspecified atom stereocenters. The van der Waals surface area contributed by atoms with Gasteiger partial charge in [0.2, 0.25) is 0 Å². The van der Waals surface area contributed by atoms with E-state index >= 15 is 0 Å². The summed E-state index contributed by atoms with van der Waals surface area (Å²) in [5.74, 6) is -4.57. The van der Waals surface area contributed by atoms with Crippen LogP contribution in [0.3, 0.4) is 0 Å². The minimum absolute atomic E-state index is 0.103. The average molecular weight is 364 g/mol. The molecule has 0 saturated carbocycles. The maximum atomic E-state index is 11.3. The first kappa shape index (κ1) is 17.9. The van der Waals surface area contributed by atoms with Crippen molar-refractivity contribution in [1.82, 2.24) is 0 Å². The van der Waals surface area contributed by atoms with E-state index in [1.807, 2.05) is 5.32 Å². The number of aromatic carboxylic acids is 1. The Hall–Kier alpha value is -3.40. The highest BCUT2D eigenvalue weighted by Crippen LogP contribution is 2.35. The van der Waals surface area contributed by atoms with Gasteiger partial charge in [-0.15, -0.1) is 11.3 Å². The van der Waals surface area contributed by atoms with Crippen molar-refractivity contribution in [2.45, 2.75) is 0 Å². The van der Waals surface area contributed by atoms with E-state index in [-0.39, 0.29) is 17.2 Å². The second-order valence-corrected chi connectivity index (χ2v) is 5.75. The lowest BCUT2D eigenvalue weighted by Crippen LogP contribution is -2.22. The first-order chi connectivity index (χ1) is 11.8. The summed E-state index contributed by atoms with van der Waals surface area (Å²) < 4.78 is 5.12. The Bertz CT molecular complexity index is 842. The van der Waals surface area contributed by atoms with Gasteiger partial charge in [0.05, 0.1) is 5.69 Å². The Morgan fingerprint density at radius 1 is 1.12 bits per heavy atom. The minimum Gasteiger partial charge on any atom is -0.484 e. The number of hydrogen-bond donors (Lipinski definition) is 4. The zero-order valence-corrected chi connectivity index (χ0v) is 13.3. The van der Waals surface area contributed by atoms with Crippen molar-refractivity contribution in [1.29, 1.82) is 0 Å². The number of thiophene rings is 1. The van der Waals surface area contributed by atoms with Crippen LogP contribution < -0.4 is 15.8 Å². The molecular weight excluding hydrogens is 352 g/mol. The third-order valence-electron chi connectivity index (χ3n) is 2.89. The standard InChI is InChI=1S/C15H12N2O7S/c16-11(18)6-24-8-3-1-7(2-4-8)10-5-9(12(25-10)14(20)21)17-13(19)15(22)23/h1-5H,6H2,(H2,16,18)(H,17,19)(H,20,21)(H,22,23). The summed E-state index contributed by atoms with van der Waals surface area (Å²) in [6.45, 7) is -0.271. The summed E-state index contributed by atoms with van der Waals surface area (Å²) in [6, 6.07) is 7.74. The molecule has 0 fully saturated rings. The van der Waals surface area contributed by atoms with Crippen LogP contribution in [0.4, 0.5) is 5.69 Å². The normalized spacial score (nSPS) is 10.1. The minimum atomic E-state index is -1.72. The molecule has 2 aromatic rings. The van der Waals surface area contributed by atoms with E-state index in [0.29, 0.717) is 16.2 Å². The summed E-state index contributed by atoms with van der Waals surface area (Å²) in [5, 5.41) is 19.8. The molecule has 0 bridgehead atoms. The fraction of sp³-hybridized carbons (Fsp3) is 0.0667. The molecule has 1 heterocycles. The highest BCUT2D eigenvalue weighted by atomic mass is 32.1. The number of benzene rings is 1. The lowest BCUT2D eigenvalue weighted by atomic mass is 10.2. The van der Waals surface area contributed by atoms with Gasteiger partial charge in [-0.05, 0) is 35.9 Å². The van der Waals surface area contributed by atoms with E-state index < -0.39 is 23.8 Å². The molecule has 9 nitrogen and oxygen atoms in total. The van der Waals surface area contributed by atoms with Gasteiger partial charge in [-0.3, -0.25) is 9.59 Å². The van der Waals surface area contributed by atoms with E-state index in [9.17, 15) is 24.3 Å². The monoisotopic (exact) mass is 364 g/mol. The van der Waals surface area contributed by atoms with E-state index in [0.717, 1.165) is 11.3 Å². The predicted molar refractivity (Wildman–Crippen MR) is 87.7 cm³/mol. The molecule has 0 radical (unpaired) electrons. The number of aliphatic carboxylic acids is 1. The van der Waals surface area contributed by atoms with Crippen molar-refractivity contribution < 1.29 is 34.1 Å². The Morgan fingerprint density at radius 2 is 1.76 bits per heavy atom. The van der Waals surface area contributed by atoms with E-state index in [2.05, 4.69) is 0 Å². The van der Waals surface area contributed by atoms with Crippen molar-refractivity contribution in [3.8, 4) is 16.2 Å². The number of carbonyl (C=O) groups excluding carboxylic acids is 2. The van der Waals surface area contributed by atoms with Gasteiger partial charge in [-0.1, -0.05) is 0 Å². The third kappa shape index (κ3) is 4.54. The first-order valence-electron chi connectivity index (χ1n) is 6.71. The van der Waals surface area contributed by atoms with Gasteiger partial charge >= 0.3 is 17.8 Å². The van der Waals surface area contributed by atoms with Crippen LogP contribution in [-0.4, -0.2) is 40.6 Å². The van der Waals surface area contributed by atoms with Crippen LogP contribution in [0.2, 0.25) is 0 Å². The first-order valence-corrected chi connectivity index (χ1v) is 7.52. The fourth-order valence-corrected chi connectivity index (χ4v) is 2.79. The molecule has 2 rings (SSSR count). The summed E-state index contributed by atoms with van der Waals surface area (Å²) in [4.78, 5) is 44.1. The van der Waals surface area contributed by atoms with E-state index in [1.165, 1.54) is 6.07 Å². The van der Waals surface area contributed by atoms with Gasteiger partial charge in [0.15, 0.2) is 6.61 Å². The topological polar surface area (TPSA) is 156 Å².